The molecular formula is C22H26N4O4S. The van der Waals surface area contributed by atoms with Crippen molar-refractivity contribution < 1.29 is 17.7 Å². The molecule has 0 saturated carbocycles. The summed E-state index contributed by atoms with van der Waals surface area (Å²) in [6.45, 7) is 3.34. The number of nitrogens with zero attached hydrogens (tertiary/aromatic N) is 4. The Kier molecular flexibility index (Phi) is 6.33. The molecule has 1 aromatic heterocycles. The first-order valence-corrected chi connectivity index (χ1v) is 12.0. The molecule has 4 rings (SSSR count). The highest BCUT2D eigenvalue weighted by molar-refractivity contribution is 7.89. The van der Waals surface area contributed by atoms with Gasteiger partial charge in [-0.3, -0.25) is 4.79 Å². The lowest BCUT2D eigenvalue weighted by molar-refractivity contribution is -0.132. The largest absolute Gasteiger partial charge is 0.340 e. The van der Waals surface area contributed by atoms with Gasteiger partial charge in [0.15, 0.2) is 5.82 Å². The molecular weight excluding hydrogens is 416 g/mol. The smallest absolute Gasteiger partial charge is 0.243 e. The first-order chi connectivity index (χ1) is 15.0. The van der Waals surface area contributed by atoms with Crippen LogP contribution in [0.1, 0.15) is 31.5 Å². The minimum Gasteiger partial charge on any atom is -0.340 e. The van der Waals surface area contributed by atoms with Gasteiger partial charge in [0.1, 0.15) is 0 Å². The van der Waals surface area contributed by atoms with Crippen LogP contribution in [0.4, 0.5) is 0 Å². The standard InChI is InChI=1S/C22H26N4O4S/c1-2-5-20-23-21(30-24-20)10-11-22(27)25-12-14-26(15-13-25)31(28,29)19-9-8-17-6-3-4-7-18(17)16-19/h3-4,6-9,16H,2,5,10-15H2,1H3. The molecule has 2 heterocycles. The van der Waals surface area contributed by atoms with Crippen LogP contribution in [0.15, 0.2) is 51.9 Å². The Morgan fingerprint density at radius 2 is 1.77 bits per heavy atom. The minimum absolute atomic E-state index is 0.0296. The fourth-order valence-electron chi connectivity index (χ4n) is 3.74. The predicted molar refractivity (Wildman–Crippen MR) is 116 cm³/mol. The highest BCUT2D eigenvalue weighted by Gasteiger charge is 2.30. The van der Waals surface area contributed by atoms with Crippen LogP contribution in [0.5, 0.6) is 0 Å². The van der Waals surface area contributed by atoms with E-state index in [1.165, 1.54) is 4.31 Å². The molecule has 0 radical (unpaired) electrons. The van der Waals surface area contributed by atoms with E-state index in [-0.39, 0.29) is 30.3 Å². The van der Waals surface area contributed by atoms with Crippen LogP contribution in [0.2, 0.25) is 0 Å². The second-order valence-electron chi connectivity index (χ2n) is 7.65. The van der Waals surface area contributed by atoms with Crippen LogP contribution in [-0.2, 0) is 27.7 Å². The van der Waals surface area contributed by atoms with Crippen molar-refractivity contribution in [2.75, 3.05) is 26.2 Å². The van der Waals surface area contributed by atoms with Crippen molar-refractivity contribution in [1.82, 2.24) is 19.3 Å². The van der Waals surface area contributed by atoms with Gasteiger partial charge in [-0.2, -0.15) is 9.29 Å². The number of aryl methyl sites for hydroxylation is 2. The highest BCUT2D eigenvalue weighted by atomic mass is 32.2. The fraction of sp³-hybridized carbons (Fsp3) is 0.409. The zero-order valence-corrected chi connectivity index (χ0v) is 18.3. The molecule has 0 N–H and O–H groups in total. The fourth-order valence-corrected chi connectivity index (χ4v) is 5.20. The molecule has 1 amide bonds. The third kappa shape index (κ3) is 4.77. The average Bonchev–Trinajstić information content (AvgIpc) is 3.25. The first-order valence-electron chi connectivity index (χ1n) is 10.6. The Bertz CT molecular complexity index is 1170. The molecule has 1 saturated heterocycles. The summed E-state index contributed by atoms with van der Waals surface area (Å²) in [6.07, 6.45) is 2.35. The Labute approximate surface area is 181 Å². The van der Waals surface area contributed by atoms with Crippen LogP contribution < -0.4 is 0 Å². The Hall–Kier alpha value is -2.78. The molecule has 31 heavy (non-hydrogen) atoms. The molecule has 0 aliphatic carbocycles. The van der Waals surface area contributed by atoms with E-state index < -0.39 is 10.0 Å². The maximum atomic E-state index is 13.1. The van der Waals surface area contributed by atoms with Gasteiger partial charge < -0.3 is 9.42 Å². The molecule has 8 nitrogen and oxygen atoms in total. The second kappa shape index (κ2) is 9.15. The summed E-state index contributed by atoms with van der Waals surface area (Å²) in [6, 6.07) is 12.9. The number of carbonyl (C=O) groups excluding carboxylic acids is 1. The van der Waals surface area contributed by atoms with Crippen LogP contribution in [0.25, 0.3) is 10.8 Å². The van der Waals surface area contributed by atoms with Crippen molar-refractivity contribution in [3.63, 3.8) is 0 Å². The second-order valence-corrected chi connectivity index (χ2v) is 9.59. The average molecular weight is 443 g/mol. The number of rotatable bonds is 7. The van der Waals surface area contributed by atoms with Crippen LogP contribution in [-0.4, -0.2) is 59.8 Å². The van der Waals surface area contributed by atoms with Gasteiger partial charge in [-0.25, -0.2) is 8.42 Å². The summed E-state index contributed by atoms with van der Waals surface area (Å²) in [5.74, 6) is 1.10. The molecule has 0 unspecified atom stereocenters. The highest BCUT2D eigenvalue weighted by Crippen LogP contribution is 2.23. The quantitative estimate of drug-likeness (QED) is 0.558. The number of carbonyl (C=O) groups is 1. The molecule has 9 heteroatoms. The lowest BCUT2D eigenvalue weighted by Crippen LogP contribution is -2.50. The topological polar surface area (TPSA) is 96.6 Å². The van der Waals surface area contributed by atoms with Gasteiger partial charge in [-0.1, -0.05) is 42.4 Å². The van der Waals surface area contributed by atoms with Crippen molar-refractivity contribution in [2.24, 2.45) is 0 Å². The molecule has 0 spiro atoms. The van der Waals surface area contributed by atoms with Gasteiger partial charge in [-0.05, 0) is 29.3 Å². The number of benzene rings is 2. The van der Waals surface area contributed by atoms with E-state index in [4.69, 9.17) is 4.52 Å². The number of hydrogen-bond donors (Lipinski definition) is 0. The van der Waals surface area contributed by atoms with Crippen molar-refractivity contribution >= 4 is 26.7 Å². The number of sulfonamides is 1. The van der Waals surface area contributed by atoms with Gasteiger partial charge in [0.25, 0.3) is 0 Å². The third-order valence-electron chi connectivity index (χ3n) is 5.49. The number of aromatic nitrogens is 2. The summed E-state index contributed by atoms with van der Waals surface area (Å²) in [5.41, 5.74) is 0. The van der Waals surface area contributed by atoms with Crippen molar-refractivity contribution in [1.29, 1.82) is 0 Å². The molecule has 164 valence electrons. The lowest BCUT2D eigenvalue weighted by atomic mass is 10.1. The third-order valence-corrected chi connectivity index (χ3v) is 7.38. The maximum Gasteiger partial charge on any atom is 0.243 e. The van der Waals surface area contributed by atoms with E-state index in [9.17, 15) is 13.2 Å². The molecule has 0 bridgehead atoms. The summed E-state index contributed by atoms with van der Waals surface area (Å²) in [4.78, 5) is 18.8. The van der Waals surface area contributed by atoms with Crippen molar-refractivity contribution in [3.8, 4) is 0 Å². The van der Waals surface area contributed by atoms with Crippen LogP contribution in [0, 0.1) is 0 Å². The molecule has 1 fully saturated rings. The lowest BCUT2D eigenvalue weighted by Gasteiger charge is -2.34. The van der Waals surface area contributed by atoms with E-state index in [1.54, 1.807) is 17.0 Å². The molecule has 1 aliphatic rings. The molecule has 2 aromatic carbocycles. The van der Waals surface area contributed by atoms with E-state index in [0.29, 0.717) is 31.2 Å². The van der Waals surface area contributed by atoms with Crippen molar-refractivity contribution in [3.05, 3.63) is 54.2 Å². The zero-order valence-electron chi connectivity index (χ0n) is 17.5. The van der Waals surface area contributed by atoms with E-state index in [1.807, 2.05) is 37.3 Å². The van der Waals surface area contributed by atoms with E-state index >= 15 is 0 Å². The number of fused-ring (bicyclic) bond motifs is 1. The normalized spacial score (nSPS) is 15.5. The number of piperazine rings is 1. The molecule has 3 aromatic rings. The van der Waals surface area contributed by atoms with Crippen molar-refractivity contribution in [2.45, 2.75) is 37.5 Å². The van der Waals surface area contributed by atoms with Gasteiger partial charge in [-0.15, -0.1) is 0 Å². The van der Waals surface area contributed by atoms with Gasteiger partial charge in [0.05, 0.1) is 4.90 Å². The number of amides is 1. The first kappa shape index (κ1) is 21.5. The van der Waals surface area contributed by atoms with Crippen LogP contribution in [0.3, 0.4) is 0 Å². The van der Waals surface area contributed by atoms with Crippen LogP contribution >= 0.6 is 0 Å². The van der Waals surface area contributed by atoms with E-state index in [2.05, 4.69) is 10.1 Å². The monoisotopic (exact) mass is 442 g/mol. The molecule has 0 atom stereocenters. The summed E-state index contributed by atoms with van der Waals surface area (Å²) < 4.78 is 32.8. The minimum atomic E-state index is -3.60. The van der Waals surface area contributed by atoms with E-state index in [0.717, 1.165) is 23.6 Å². The molecule has 1 aliphatic heterocycles. The van der Waals surface area contributed by atoms with Gasteiger partial charge in [0.2, 0.25) is 21.8 Å². The summed E-state index contributed by atoms with van der Waals surface area (Å²) in [7, 11) is -3.60. The SMILES string of the molecule is CCCc1noc(CCC(=O)N2CCN(S(=O)(=O)c3ccc4ccccc4c3)CC2)n1. The summed E-state index contributed by atoms with van der Waals surface area (Å²) >= 11 is 0. The van der Waals surface area contributed by atoms with Gasteiger partial charge >= 0.3 is 0 Å². The maximum absolute atomic E-state index is 13.1. The van der Waals surface area contributed by atoms with Gasteiger partial charge in [0, 0.05) is 45.4 Å². The Morgan fingerprint density at radius 1 is 1.03 bits per heavy atom. The zero-order chi connectivity index (χ0) is 21.8. The Morgan fingerprint density at radius 3 is 2.52 bits per heavy atom. The summed E-state index contributed by atoms with van der Waals surface area (Å²) in [5, 5.41) is 5.79. The predicted octanol–water partition coefficient (Wildman–Crippen LogP) is 2.64. The Balaban J connectivity index is 1.34. The number of hydrogen-bond acceptors (Lipinski definition) is 6.